The summed E-state index contributed by atoms with van der Waals surface area (Å²) in [6, 6.07) is 11.8. The molecule has 2 aromatic rings. The minimum atomic E-state index is -4.62. The Hall–Kier alpha value is -3.41. The van der Waals surface area contributed by atoms with E-state index in [1.165, 1.54) is 24.1 Å². The molecule has 1 amide bonds. The molecular weight excluding hydrogens is 413 g/mol. The van der Waals surface area contributed by atoms with Crippen molar-refractivity contribution >= 4 is 5.91 Å². The normalized spacial score (nSPS) is 14.9. The SMILES string of the molecule is COc1c(C#N)ccc(OC(C)C(F)(F)F)c1C(=O)N1CC(Oc2ccc(C)cc2)C1. The van der Waals surface area contributed by atoms with Crippen LogP contribution in [0.3, 0.4) is 0 Å². The summed E-state index contributed by atoms with van der Waals surface area (Å²) >= 11 is 0. The average molecular weight is 434 g/mol. The number of rotatable bonds is 6. The second-order valence-corrected chi connectivity index (χ2v) is 7.20. The van der Waals surface area contributed by atoms with Gasteiger partial charge in [0, 0.05) is 0 Å². The van der Waals surface area contributed by atoms with E-state index in [-0.39, 0.29) is 41.8 Å². The van der Waals surface area contributed by atoms with Crippen molar-refractivity contribution < 1.29 is 32.2 Å². The van der Waals surface area contributed by atoms with E-state index < -0.39 is 18.2 Å². The van der Waals surface area contributed by atoms with Gasteiger partial charge >= 0.3 is 6.18 Å². The molecule has 31 heavy (non-hydrogen) atoms. The van der Waals surface area contributed by atoms with Gasteiger partial charge in [-0.1, -0.05) is 17.7 Å². The number of likely N-dealkylation sites (tertiary alicyclic amines) is 1. The van der Waals surface area contributed by atoms with Crippen LogP contribution in [0.5, 0.6) is 17.2 Å². The van der Waals surface area contributed by atoms with Crippen LogP contribution in [0.15, 0.2) is 36.4 Å². The topological polar surface area (TPSA) is 71.8 Å². The van der Waals surface area contributed by atoms with Gasteiger partial charge in [-0.05, 0) is 38.1 Å². The van der Waals surface area contributed by atoms with Crippen molar-refractivity contribution in [2.45, 2.75) is 32.2 Å². The Kier molecular flexibility index (Phi) is 6.29. The van der Waals surface area contributed by atoms with Crippen molar-refractivity contribution in [1.29, 1.82) is 5.26 Å². The van der Waals surface area contributed by atoms with Crippen molar-refractivity contribution in [2.75, 3.05) is 20.2 Å². The van der Waals surface area contributed by atoms with E-state index in [0.29, 0.717) is 5.75 Å². The zero-order chi connectivity index (χ0) is 22.8. The number of alkyl halides is 3. The first kappa shape index (κ1) is 22.3. The van der Waals surface area contributed by atoms with Gasteiger partial charge in [0.2, 0.25) is 0 Å². The fourth-order valence-corrected chi connectivity index (χ4v) is 3.07. The predicted octanol–water partition coefficient (Wildman–Crippen LogP) is 4.11. The number of amides is 1. The number of hydrogen-bond donors (Lipinski definition) is 0. The van der Waals surface area contributed by atoms with Gasteiger partial charge in [0.1, 0.15) is 29.2 Å². The van der Waals surface area contributed by atoms with Crippen LogP contribution in [0.25, 0.3) is 0 Å². The highest BCUT2D eigenvalue weighted by Gasteiger charge is 2.40. The highest BCUT2D eigenvalue weighted by atomic mass is 19.4. The lowest BCUT2D eigenvalue weighted by Crippen LogP contribution is -2.56. The number of aryl methyl sites for hydroxylation is 1. The van der Waals surface area contributed by atoms with Gasteiger partial charge in [0.05, 0.1) is 25.8 Å². The molecule has 1 atom stereocenters. The summed E-state index contributed by atoms with van der Waals surface area (Å²) in [4.78, 5) is 14.5. The van der Waals surface area contributed by atoms with Crippen LogP contribution < -0.4 is 14.2 Å². The van der Waals surface area contributed by atoms with E-state index in [9.17, 15) is 23.2 Å². The molecule has 0 saturated carbocycles. The summed E-state index contributed by atoms with van der Waals surface area (Å²) in [7, 11) is 1.24. The van der Waals surface area contributed by atoms with Gasteiger partial charge in [-0.25, -0.2) is 0 Å². The number of nitriles is 1. The smallest absolute Gasteiger partial charge is 0.425 e. The van der Waals surface area contributed by atoms with Crippen LogP contribution in [0.4, 0.5) is 13.2 Å². The molecule has 1 saturated heterocycles. The maximum Gasteiger partial charge on any atom is 0.425 e. The molecule has 9 heteroatoms. The quantitative estimate of drug-likeness (QED) is 0.684. The van der Waals surface area contributed by atoms with E-state index in [0.717, 1.165) is 12.5 Å². The third-order valence-electron chi connectivity index (χ3n) is 4.88. The Morgan fingerprint density at radius 1 is 1.19 bits per heavy atom. The third kappa shape index (κ3) is 4.85. The second-order valence-electron chi connectivity index (χ2n) is 7.20. The molecule has 1 heterocycles. The molecule has 2 aromatic carbocycles. The number of methoxy groups -OCH3 is 1. The minimum Gasteiger partial charge on any atom is -0.494 e. The van der Waals surface area contributed by atoms with Crippen molar-refractivity contribution in [3.63, 3.8) is 0 Å². The number of halogens is 3. The lowest BCUT2D eigenvalue weighted by molar-refractivity contribution is -0.189. The van der Waals surface area contributed by atoms with Crippen molar-refractivity contribution in [3.05, 3.63) is 53.1 Å². The molecule has 3 rings (SSSR count). The summed E-state index contributed by atoms with van der Waals surface area (Å²) in [5.41, 5.74) is 0.889. The van der Waals surface area contributed by atoms with Gasteiger partial charge in [-0.3, -0.25) is 4.79 Å². The lowest BCUT2D eigenvalue weighted by atomic mass is 10.0. The zero-order valence-corrected chi connectivity index (χ0v) is 17.2. The minimum absolute atomic E-state index is 0.0193. The molecule has 0 N–H and O–H groups in total. The van der Waals surface area contributed by atoms with E-state index in [4.69, 9.17) is 14.2 Å². The first-order chi connectivity index (χ1) is 14.6. The fraction of sp³-hybridized carbons (Fsp3) is 0.364. The molecule has 1 aliphatic heterocycles. The highest BCUT2D eigenvalue weighted by molar-refractivity contribution is 6.01. The van der Waals surface area contributed by atoms with Crippen LogP contribution >= 0.6 is 0 Å². The Morgan fingerprint density at radius 2 is 1.84 bits per heavy atom. The monoisotopic (exact) mass is 434 g/mol. The molecule has 0 spiro atoms. The number of hydrogen-bond acceptors (Lipinski definition) is 5. The second kappa shape index (κ2) is 8.76. The van der Waals surface area contributed by atoms with Crippen LogP contribution in [0.2, 0.25) is 0 Å². The summed E-state index contributed by atoms with van der Waals surface area (Å²) < 4.78 is 55.0. The molecule has 0 aromatic heterocycles. The van der Waals surface area contributed by atoms with Gasteiger partial charge < -0.3 is 19.1 Å². The average Bonchev–Trinajstić information content (AvgIpc) is 2.70. The third-order valence-corrected chi connectivity index (χ3v) is 4.88. The van der Waals surface area contributed by atoms with Gasteiger partial charge in [0.15, 0.2) is 11.9 Å². The van der Waals surface area contributed by atoms with E-state index in [1.54, 1.807) is 0 Å². The maximum absolute atomic E-state index is 13.1. The zero-order valence-electron chi connectivity index (χ0n) is 17.2. The highest BCUT2D eigenvalue weighted by Crippen LogP contribution is 2.36. The number of benzene rings is 2. The van der Waals surface area contributed by atoms with Crippen LogP contribution in [0.1, 0.15) is 28.4 Å². The summed E-state index contributed by atoms with van der Waals surface area (Å²) in [5.74, 6) is -0.354. The molecule has 0 aliphatic carbocycles. The van der Waals surface area contributed by atoms with E-state index >= 15 is 0 Å². The standard InChI is InChI=1S/C22H21F3N2O4/c1-13-4-7-16(8-5-13)31-17-11-27(12-17)21(28)19-18(30-14(2)22(23,24)25)9-6-15(10-26)20(19)29-3/h4-9,14,17H,11-12H2,1-3H3. The lowest BCUT2D eigenvalue weighted by Gasteiger charge is -2.39. The number of nitrogens with zero attached hydrogens (tertiary/aromatic N) is 2. The number of carbonyl (C=O) groups excluding carboxylic acids is 1. The first-order valence-electron chi connectivity index (χ1n) is 9.51. The van der Waals surface area contributed by atoms with E-state index in [2.05, 4.69) is 0 Å². The molecular formula is C22H21F3N2O4. The van der Waals surface area contributed by atoms with Crippen molar-refractivity contribution in [2.24, 2.45) is 0 Å². The van der Waals surface area contributed by atoms with Gasteiger partial charge in [0.25, 0.3) is 5.91 Å². The Bertz CT molecular complexity index is 994. The van der Waals surface area contributed by atoms with Crippen LogP contribution in [-0.4, -0.2) is 49.4 Å². The van der Waals surface area contributed by atoms with Crippen LogP contribution in [-0.2, 0) is 0 Å². The molecule has 0 bridgehead atoms. The van der Waals surface area contributed by atoms with Gasteiger partial charge in [-0.15, -0.1) is 0 Å². The summed E-state index contributed by atoms with van der Waals surface area (Å²) in [6.45, 7) is 3.27. The fourth-order valence-electron chi connectivity index (χ4n) is 3.07. The molecule has 0 radical (unpaired) electrons. The molecule has 1 fully saturated rings. The number of carbonyl (C=O) groups is 1. The van der Waals surface area contributed by atoms with Gasteiger partial charge in [-0.2, -0.15) is 18.4 Å². The Balaban J connectivity index is 1.80. The van der Waals surface area contributed by atoms with Crippen LogP contribution in [0, 0.1) is 18.3 Å². The molecule has 1 aliphatic rings. The largest absolute Gasteiger partial charge is 0.494 e. The predicted molar refractivity (Wildman–Crippen MR) is 105 cm³/mol. The van der Waals surface area contributed by atoms with E-state index in [1.807, 2.05) is 37.3 Å². The molecule has 6 nitrogen and oxygen atoms in total. The Labute approximate surface area is 177 Å². The molecule has 1 unspecified atom stereocenters. The van der Waals surface area contributed by atoms with Crippen molar-refractivity contribution in [1.82, 2.24) is 4.90 Å². The molecule has 164 valence electrons. The first-order valence-corrected chi connectivity index (χ1v) is 9.51. The Morgan fingerprint density at radius 3 is 2.39 bits per heavy atom. The van der Waals surface area contributed by atoms with Crippen molar-refractivity contribution in [3.8, 4) is 23.3 Å². The summed E-state index contributed by atoms with van der Waals surface area (Å²) in [5, 5.41) is 9.30. The number of ether oxygens (including phenoxy) is 3. The maximum atomic E-state index is 13.1. The summed E-state index contributed by atoms with van der Waals surface area (Å²) in [6.07, 6.45) is -7.02.